The Morgan fingerprint density at radius 2 is 1.67 bits per heavy atom. The smallest absolute Gasteiger partial charge is 0.412 e. The Kier molecular flexibility index (Phi) is 4.77. The maximum atomic E-state index is 12.1. The highest BCUT2D eigenvalue weighted by Crippen LogP contribution is 2.30. The molecule has 0 bridgehead atoms. The van der Waals surface area contributed by atoms with Crippen molar-refractivity contribution in [2.24, 2.45) is 0 Å². The van der Waals surface area contributed by atoms with Crippen molar-refractivity contribution in [3.63, 3.8) is 0 Å². The number of ether oxygens (including phenoxy) is 2. The van der Waals surface area contributed by atoms with Crippen molar-refractivity contribution in [3.8, 4) is 0 Å². The van der Waals surface area contributed by atoms with E-state index in [1.165, 1.54) is 4.90 Å². The second-order valence-electron chi connectivity index (χ2n) is 7.20. The summed E-state index contributed by atoms with van der Waals surface area (Å²) >= 11 is 0. The summed E-state index contributed by atoms with van der Waals surface area (Å²) in [5.41, 5.74) is -2.44. The molecule has 0 unspecified atom stereocenters. The fourth-order valence-corrected chi connectivity index (χ4v) is 1.90. The number of aliphatic hydroxyl groups is 1. The minimum Gasteiger partial charge on any atom is -0.444 e. The Morgan fingerprint density at radius 3 is 2.00 bits per heavy atom. The summed E-state index contributed by atoms with van der Waals surface area (Å²) in [6.07, 6.45) is -0.800. The molecular formula is C14H26N2O5. The first kappa shape index (κ1) is 17.6. The summed E-state index contributed by atoms with van der Waals surface area (Å²) in [5.74, 6) is 0. The van der Waals surface area contributed by atoms with E-state index in [0.29, 0.717) is 13.0 Å². The summed E-state index contributed by atoms with van der Waals surface area (Å²) in [4.78, 5) is 25.2. The molecule has 2 N–H and O–H groups in total. The van der Waals surface area contributed by atoms with Crippen LogP contribution in [0.1, 0.15) is 48.0 Å². The van der Waals surface area contributed by atoms with Crippen LogP contribution in [0.3, 0.4) is 0 Å². The Hall–Kier alpha value is -1.50. The van der Waals surface area contributed by atoms with Gasteiger partial charge in [0.15, 0.2) is 0 Å². The number of amides is 2. The average molecular weight is 302 g/mol. The molecule has 2 amide bonds. The van der Waals surface area contributed by atoms with Gasteiger partial charge in [-0.15, -0.1) is 0 Å². The lowest BCUT2D eigenvalue weighted by Gasteiger charge is -2.51. The predicted octanol–water partition coefficient (Wildman–Crippen LogP) is 1.84. The number of likely N-dealkylation sites (tertiary alicyclic amines) is 1. The lowest BCUT2D eigenvalue weighted by atomic mass is 9.96. The monoisotopic (exact) mass is 302 g/mol. The van der Waals surface area contributed by atoms with Gasteiger partial charge >= 0.3 is 12.2 Å². The second kappa shape index (κ2) is 5.71. The van der Waals surface area contributed by atoms with E-state index in [9.17, 15) is 14.7 Å². The molecule has 1 atom stereocenters. The van der Waals surface area contributed by atoms with Gasteiger partial charge in [-0.25, -0.2) is 9.59 Å². The van der Waals surface area contributed by atoms with Crippen molar-refractivity contribution in [1.82, 2.24) is 10.2 Å². The molecule has 122 valence electrons. The first-order chi connectivity index (χ1) is 9.38. The standard InChI is InChI=1S/C14H26N2O5/c1-12(2,3)20-10(18)15-14(9-17)7-8-16(14)11(19)21-13(4,5)6/h17H,7-9H2,1-6H3,(H,15,18)/t14-/m0/s1. The quantitative estimate of drug-likeness (QED) is 0.812. The zero-order valence-electron chi connectivity index (χ0n) is 13.6. The molecule has 1 saturated heterocycles. The molecule has 0 aromatic heterocycles. The first-order valence-corrected chi connectivity index (χ1v) is 7.01. The van der Waals surface area contributed by atoms with Crippen molar-refractivity contribution < 1.29 is 24.2 Å². The molecule has 1 heterocycles. The molecule has 0 aromatic carbocycles. The van der Waals surface area contributed by atoms with Crippen LogP contribution in [-0.4, -0.2) is 52.2 Å². The van der Waals surface area contributed by atoms with Crippen LogP contribution in [0, 0.1) is 0 Å². The van der Waals surface area contributed by atoms with Gasteiger partial charge in [-0.3, -0.25) is 10.2 Å². The van der Waals surface area contributed by atoms with E-state index in [2.05, 4.69) is 5.32 Å². The van der Waals surface area contributed by atoms with E-state index in [1.54, 1.807) is 41.5 Å². The number of alkyl carbamates (subject to hydrolysis) is 1. The molecule has 1 fully saturated rings. The van der Waals surface area contributed by atoms with Gasteiger partial charge in [-0.1, -0.05) is 0 Å². The first-order valence-electron chi connectivity index (χ1n) is 7.01. The number of carbonyl (C=O) groups is 2. The third kappa shape index (κ3) is 4.77. The molecule has 1 aliphatic heterocycles. The number of rotatable bonds is 2. The highest BCUT2D eigenvalue weighted by atomic mass is 16.6. The third-order valence-electron chi connectivity index (χ3n) is 2.87. The molecule has 7 nitrogen and oxygen atoms in total. The van der Waals surface area contributed by atoms with E-state index >= 15 is 0 Å². The zero-order chi connectivity index (χ0) is 16.5. The second-order valence-corrected chi connectivity index (χ2v) is 7.20. The fourth-order valence-electron chi connectivity index (χ4n) is 1.90. The third-order valence-corrected chi connectivity index (χ3v) is 2.87. The maximum absolute atomic E-state index is 12.1. The summed E-state index contributed by atoms with van der Waals surface area (Å²) in [5, 5.41) is 12.1. The topological polar surface area (TPSA) is 88.1 Å². The lowest BCUT2D eigenvalue weighted by Crippen LogP contribution is -2.73. The van der Waals surface area contributed by atoms with Gasteiger partial charge in [0, 0.05) is 13.0 Å². The lowest BCUT2D eigenvalue weighted by molar-refractivity contribution is -0.0834. The predicted molar refractivity (Wildman–Crippen MR) is 76.7 cm³/mol. The van der Waals surface area contributed by atoms with Crippen molar-refractivity contribution in [2.45, 2.75) is 64.8 Å². The minimum absolute atomic E-state index is 0.397. The van der Waals surface area contributed by atoms with E-state index in [4.69, 9.17) is 9.47 Å². The van der Waals surface area contributed by atoms with Crippen molar-refractivity contribution >= 4 is 12.2 Å². The normalized spacial score (nSPS) is 22.3. The Morgan fingerprint density at radius 1 is 1.14 bits per heavy atom. The molecular weight excluding hydrogens is 276 g/mol. The molecule has 1 rings (SSSR count). The molecule has 21 heavy (non-hydrogen) atoms. The van der Waals surface area contributed by atoms with Crippen LogP contribution < -0.4 is 5.32 Å². The number of aliphatic hydroxyl groups excluding tert-OH is 1. The zero-order valence-corrected chi connectivity index (χ0v) is 13.6. The number of hydrogen-bond donors (Lipinski definition) is 2. The molecule has 7 heteroatoms. The number of nitrogens with zero attached hydrogens (tertiary/aromatic N) is 1. The van der Waals surface area contributed by atoms with Gasteiger partial charge < -0.3 is 14.6 Å². The van der Waals surface area contributed by atoms with Gasteiger partial charge in [0.25, 0.3) is 0 Å². The summed E-state index contributed by atoms with van der Waals surface area (Å²) < 4.78 is 10.4. The van der Waals surface area contributed by atoms with Gasteiger partial charge in [-0.05, 0) is 41.5 Å². The van der Waals surface area contributed by atoms with Crippen molar-refractivity contribution in [2.75, 3.05) is 13.2 Å². The Labute approximate surface area is 125 Å². The van der Waals surface area contributed by atoms with E-state index in [0.717, 1.165) is 0 Å². The Bertz CT molecular complexity index is 407. The fraction of sp³-hybridized carbons (Fsp3) is 0.857. The van der Waals surface area contributed by atoms with Gasteiger partial charge in [0.05, 0.1) is 6.61 Å². The number of nitrogens with one attached hydrogen (secondary N) is 1. The summed E-state index contributed by atoms with van der Waals surface area (Å²) in [6.45, 7) is 10.5. The highest BCUT2D eigenvalue weighted by molar-refractivity contribution is 5.74. The summed E-state index contributed by atoms with van der Waals surface area (Å²) in [7, 11) is 0. The van der Waals surface area contributed by atoms with Crippen LogP contribution in [0.25, 0.3) is 0 Å². The van der Waals surface area contributed by atoms with Crippen LogP contribution in [0.5, 0.6) is 0 Å². The van der Waals surface area contributed by atoms with E-state index in [1.807, 2.05) is 0 Å². The molecule has 0 aliphatic carbocycles. The van der Waals surface area contributed by atoms with Crippen molar-refractivity contribution in [3.05, 3.63) is 0 Å². The minimum atomic E-state index is -1.15. The van der Waals surface area contributed by atoms with Crippen molar-refractivity contribution in [1.29, 1.82) is 0 Å². The number of carbonyl (C=O) groups excluding carboxylic acids is 2. The van der Waals surface area contributed by atoms with Gasteiger partial charge in [0.2, 0.25) is 0 Å². The van der Waals surface area contributed by atoms with Gasteiger partial charge in [0.1, 0.15) is 16.9 Å². The number of hydrogen-bond acceptors (Lipinski definition) is 5. The van der Waals surface area contributed by atoms with Crippen LogP contribution in [-0.2, 0) is 9.47 Å². The highest BCUT2D eigenvalue weighted by Gasteiger charge is 2.50. The largest absolute Gasteiger partial charge is 0.444 e. The van der Waals surface area contributed by atoms with Crippen LogP contribution in [0.15, 0.2) is 0 Å². The average Bonchev–Trinajstić information content (AvgIpc) is 2.18. The molecule has 0 aromatic rings. The van der Waals surface area contributed by atoms with E-state index in [-0.39, 0.29) is 0 Å². The molecule has 0 saturated carbocycles. The molecule has 0 radical (unpaired) electrons. The van der Waals surface area contributed by atoms with Crippen LogP contribution in [0.2, 0.25) is 0 Å². The van der Waals surface area contributed by atoms with Crippen LogP contribution in [0.4, 0.5) is 9.59 Å². The Balaban J connectivity index is 2.72. The SMILES string of the molecule is CC(C)(C)OC(=O)N[C@@]1(CO)CCN1C(=O)OC(C)(C)C. The van der Waals surface area contributed by atoms with Crippen LogP contribution >= 0.6 is 0 Å². The van der Waals surface area contributed by atoms with E-state index < -0.39 is 35.7 Å². The summed E-state index contributed by atoms with van der Waals surface area (Å²) in [6, 6.07) is 0. The van der Waals surface area contributed by atoms with Gasteiger partial charge in [-0.2, -0.15) is 0 Å². The molecule has 1 aliphatic rings. The maximum Gasteiger partial charge on any atom is 0.412 e. The molecule has 0 spiro atoms.